The highest BCUT2D eigenvalue weighted by Gasteiger charge is 2.26. The highest BCUT2D eigenvalue weighted by atomic mass is 35.5. The molecule has 1 rings (SSSR count). The summed E-state index contributed by atoms with van der Waals surface area (Å²) in [6, 6.07) is 0. The van der Waals surface area contributed by atoms with Crippen LogP contribution in [0, 0.1) is 0 Å². The molecule has 12 heavy (non-hydrogen) atoms. The number of nitrogens with two attached hydrogens (primary N) is 1. The van der Waals surface area contributed by atoms with E-state index >= 15 is 0 Å². The molecule has 0 aromatic heterocycles. The van der Waals surface area contributed by atoms with Crippen molar-refractivity contribution in [3.05, 3.63) is 23.1 Å². The molecule has 0 aromatic rings. The van der Waals surface area contributed by atoms with Crippen molar-refractivity contribution in [2.75, 3.05) is 0 Å². The van der Waals surface area contributed by atoms with Gasteiger partial charge in [-0.3, -0.25) is 0 Å². The summed E-state index contributed by atoms with van der Waals surface area (Å²) < 4.78 is 21.8. The Bertz CT molecular complexity index is 340. The van der Waals surface area contributed by atoms with Gasteiger partial charge in [-0.05, 0) is 13.0 Å². The number of rotatable bonds is 1. The third kappa shape index (κ3) is 2.33. The minimum atomic E-state index is -3.57. The molecule has 0 aromatic carbocycles. The lowest BCUT2D eigenvalue weighted by Gasteiger charge is -2.21. The van der Waals surface area contributed by atoms with Crippen LogP contribution < -0.4 is 5.14 Å². The molecule has 0 aliphatic heterocycles. The van der Waals surface area contributed by atoms with Crippen molar-refractivity contribution < 1.29 is 8.42 Å². The third-order valence-corrected chi connectivity index (χ3v) is 2.88. The zero-order valence-electron chi connectivity index (χ0n) is 6.62. The van der Waals surface area contributed by atoms with Crippen molar-refractivity contribution in [1.29, 1.82) is 0 Å². The lowest BCUT2D eigenvalue weighted by Crippen LogP contribution is -2.23. The van der Waals surface area contributed by atoms with Gasteiger partial charge in [-0.25, -0.2) is 13.6 Å². The monoisotopic (exact) mass is 207 g/mol. The van der Waals surface area contributed by atoms with Crippen molar-refractivity contribution in [1.82, 2.24) is 0 Å². The van der Waals surface area contributed by atoms with E-state index in [-0.39, 0.29) is 11.3 Å². The molecule has 0 heterocycles. The van der Waals surface area contributed by atoms with Gasteiger partial charge in [0.2, 0.25) is 10.0 Å². The first-order valence-electron chi connectivity index (χ1n) is 3.41. The molecule has 0 fully saturated rings. The van der Waals surface area contributed by atoms with Crippen LogP contribution in [0.5, 0.6) is 0 Å². The predicted octanol–water partition coefficient (Wildman–Crippen LogP) is 1.12. The van der Waals surface area contributed by atoms with Crippen LogP contribution in [0.1, 0.15) is 13.3 Å². The fourth-order valence-electron chi connectivity index (χ4n) is 1.01. The summed E-state index contributed by atoms with van der Waals surface area (Å²) in [6.07, 6.45) is 5.07. The molecular weight excluding hydrogens is 198 g/mol. The Morgan fingerprint density at radius 2 is 2.25 bits per heavy atom. The smallest absolute Gasteiger partial charge is 0.225 e. The Morgan fingerprint density at radius 3 is 2.58 bits per heavy atom. The van der Waals surface area contributed by atoms with Gasteiger partial charge < -0.3 is 0 Å². The molecule has 1 atom stereocenters. The second kappa shape index (κ2) is 2.87. The summed E-state index contributed by atoms with van der Waals surface area (Å²) in [4.78, 5) is -0.446. The van der Waals surface area contributed by atoms with E-state index in [1.807, 2.05) is 0 Å². The van der Waals surface area contributed by atoms with Crippen LogP contribution in [-0.4, -0.2) is 13.3 Å². The van der Waals surface area contributed by atoms with E-state index in [4.69, 9.17) is 16.7 Å². The lowest BCUT2D eigenvalue weighted by atomic mass is 10.0. The van der Waals surface area contributed by atoms with Gasteiger partial charge in [-0.2, -0.15) is 0 Å². The van der Waals surface area contributed by atoms with E-state index in [0.717, 1.165) is 0 Å². The first kappa shape index (κ1) is 9.77. The Hall–Kier alpha value is -0.320. The Balaban J connectivity index is 3.00. The quantitative estimate of drug-likeness (QED) is 0.655. The molecule has 5 heteroatoms. The van der Waals surface area contributed by atoms with E-state index in [2.05, 4.69) is 0 Å². The maximum atomic E-state index is 10.9. The van der Waals surface area contributed by atoms with E-state index in [0.29, 0.717) is 0 Å². The topological polar surface area (TPSA) is 60.2 Å². The SMILES string of the molecule is CC1(Cl)C=CC=C(S(N)(=O)=O)C1. The average Bonchev–Trinajstić information content (AvgIpc) is 1.83. The van der Waals surface area contributed by atoms with Gasteiger partial charge in [0.1, 0.15) is 0 Å². The number of hydrogen-bond donors (Lipinski definition) is 1. The van der Waals surface area contributed by atoms with E-state index in [1.165, 1.54) is 6.08 Å². The summed E-state index contributed by atoms with van der Waals surface area (Å²) in [7, 11) is -3.57. The highest BCUT2D eigenvalue weighted by Crippen LogP contribution is 2.30. The molecule has 0 bridgehead atoms. The molecule has 0 saturated carbocycles. The van der Waals surface area contributed by atoms with E-state index in [9.17, 15) is 8.42 Å². The van der Waals surface area contributed by atoms with Gasteiger partial charge in [0.15, 0.2) is 0 Å². The largest absolute Gasteiger partial charge is 0.234 e. The molecule has 68 valence electrons. The van der Waals surface area contributed by atoms with Gasteiger partial charge in [-0.1, -0.05) is 12.2 Å². The Kier molecular flexibility index (Phi) is 2.33. The van der Waals surface area contributed by atoms with Crippen LogP contribution in [0.2, 0.25) is 0 Å². The first-order chi connectivity index (χ1) is 5.31. The van der Waals surface area contributed by atoms with Crippen molar-refractivity contribution >= 4 is 21.6 Å². The predicted molar refractivity (Wildman–Crippen MR) is 49.2 cm³/mol. The summed E-state index contributed by atoms with van der Waals surface area (Å²) in [5.41, 5.74) is 0. The Labute approximate surface area is 76.9 Å². The summed E-state index contributed by atoms with van der Waals surface area (Å²) in [6.45, 7) is 1.74. The van der Waals surface area contributed by atoms with Crippen molar-refractivity contribution in [3.8, 4) is 0 Å². The van der Waals surface area contributed by atoms with Crippen molar-refractivity contribution in [2.24, 2.45) is 5.14 Å². The minimum Gasteiger partial charge on any atom is -0.225 e. The number of hydrogen-bond acceptors (Lipinski definition) is 2. The van der Waals surface area contributed by atoms with E-state index in [1.54, 1.807) is 19.1 Å². The number of sulfonamides is 1. The van der Waals surface area contributed by atoms with E-state index < -0.39 is 14.9 Å². The summed E-state index contributed by atoms with van der Waals surface area (Å²) in [5.74, 6) is 0. The third-order valence-electron chi connectivity index (χ3n) is 1.61. The maximum Gasteiger partial charge on any atom is 0.234 e. The zero-order chi connectivity index (χ0) is 9.41. The van der Waals surface area contributed by atoms with Crippen LogP contribution in [0.4, 0.5) is 0 Å². The van der Waals surface area contributed by atoms with Gasteiger partial charge in [0, 0.05) is 6.42 Å². The van der Waals surface area contributed by atoms with Gasteiger partial charge in [-0.15, -0.1) is 11.6 Å². The first-order valence-corrected chi connectivity index (χ1v) is 5.34. The average molecular weight is 208 g/mol. The maximum absolute atomic E-state index is 10.9. The fraction of sp³-hybridized carbons (Fsp3) is 0.429. The molecule has 1 unspecified atom stereocenters. The van der Waals surface area contributed by atoms with Gasteiger partial charge in [0.05, 0.1) is 9.78 Å². The standard InChI is InChI=1S/C7H10ClNO2S/c1-7(8)4-2-3-6(5-7)12(9,10)11/h2-4H,5H2,1H3,(H2,9,10,11). The zero-order valence-corrected chi connectivity index (χ0v) is 8.19. The minimum absolute atomic E-state index is 0.183. The number of primary sulfonamides is 1. The van der Waals surface area contributed by atoms with Crippen molar-refractivity contribution in [2.45, 2.75) is 18.2 Å². The summed E-state index contributed by atoms with van der Waals surface area (Å²) >= 11 is 5.93. The number of alkyl halides is 1. The van der Waals surface area contributed by atoms with Gasteiger partial charge >= 0.3 is 0 Å². The fourth-order valence-corrected chi connectivity index (χ4v) is 2.08. The molecule has 0 radical (unpaired) electrons. The molecule has 0 amide bonds. The van der Waals surface area contributed by atoms with Gasteiger partial charge in [0.25, 0.3) is 0 Å². The van der Waals surface area contributed by atoms with Crippen molar-refractivity contribution in [3.63, 3.8) is 0 Å². The lowest BCUT2D eigenvalue weighted by molar-refractivity contribution is 0.598. The Morgan fingerprint density at radius 1 is 1.67 bits per heavy atom. The molecule has 3 nitrogen and oxygen atoms in total. The molecule has 2 N–H and O–H groups in total. The van der Waals surface area contributed by atoms with Crippen LogP contribution in [0.15, 0.2) is 23.1 Å². The number of allylic oxidation sites excluding steroid dienone is 4. The van der Waals surface area contributed by atoms with Crippen LogP contribution in [0.25, 0.3) is 0 Å². The van der Waals surface area contributed by atoms with Crippen LogP contribution in [-0.2, 0) is 10.0 Å². The molecule has 1 aliphatic rings. The van der Waals surface area contributed by atoms with Crippen LogP contribution >= 0.6 is 11.6 Å². The highest BCUT2D eigenvalue weighted by molar-refractivity contribution is 7.93. The molecule has 0 saturated heterocycles. The van der Waals surface area contributed by atoms with Crippen LogP contribution in [0.3, 0.4) is 0 Å². The summed E-state index contributed by atoms with van der Waals surface area (Å²) in [5, 5.41) is 4.94. The molecule has 0 spiro atoms. The molecular formula is C7H10ClNO2S. The number of halogens is 1. The normalized spacial score (nSPS) is 30.1. The second-order valence-electron chi connectivity index (χ2n) is 2.99. The second-order valence-corrected chi connectivity index (χ2v) is 5.47. The molecule has 1 aliphatic carbocycles.